The summed E-state index contributed by atoms with van der Waals surface area (Å²) in [6.45, 7) is 6.57. The number of benzene rings is 2. The third-order valence-electron chi connectivity index (χ3n) is 4.85. The van der Waals surface area contributed by atoms with Crippen LogP contribution < -0.4 is 10.6 Å². The lowest BCUT2D eigenvalue weighted by molar-refractivity contribution is -0.145. The first-order chi connectivity index (χ1) is 16.4. The molecule has 35 heavy (non-hydrogen) atoms. The lowest BCUT2D eigenvalue weighted by Crippen LogP contribution is -2.53. The number of methoxy groups -OCH3 is 1. The zero-order valence-corrected chi connectivity index (χ0v) is 20.5. The summed E-state index contributed by atoms with van der Waals surface area (Å²) in [5.74, 6) is -2.69. The van der Waals surface area contributed by atoms with Crippen molar-refractivity contribution in [1.29, 1.82) is 0 Å². The maximum atomic E-state index is 13.6. The van der Waals surface area contributed by atoms with Crippen LogP contribution >= 0.6 is 0 Å². The fraction of sp³-hybridized carbons (Fsp3) is 0.385. The molecule has 0 heterocycles. The normalized spacial score (nSPS) is 12.7. The number of halogens is 1. The number of ether oxygens (including phenoxy) is 2. The highest BCUT2D eigenvalue weighted by Crippen LogP contribution is 2.14. The summed E-state index contributed by atoms with van der Waals surface area (Å²) < 4.78 is 23.7. The van der Waals surface area contributed by atoms with Gasteiger partial charge in [-0.1, -0.05) is 24.3 Å². The highest BCUT2D eigenvalue weighted by atomic mass is 19.1. The van der Waals surface area contributed by atoms with Crippen molar-refractivity contribution in [2.45, 2.75) is 58.2 Å². The molecular weight excluding hydrogens is 455 g/mol. The summed E-state index contributed by atoms with van der Waals surface area (Å²) >= 11 is 0. The molecule has 0 fully saturated rings. The molecule has 2 N–H and O–H groups in total. The standard InChI is InChI=1S/C26H31FN2O6/c1-16(30)28-21(15-18-7-6-8-20(27)13-18)23(31)29-22(25(33)34-5)14-17-9-11-19(12-10-17)24(32)35-26(2,3)4/h6-13,21-22H,14-15H2,1-5H3,(H,28,30)(H,29,31)/t21-,22-/m1/s1. The molecule has 2 aromatic rings. The van der Waals surface area contributed by atoms with Crippen LogP contribution in [0, 0.1) is 5.82 Å². The fourth-order valence-electron chi connectivity index (χ4n) is 3.31. The van der Waals surface area contributed by atoms with Gasteiger partial charge in [0.1, 0.15) is 23.5 Å². The van der Waals surface area contributed by atoms with E-state index in [0.717, 1.165) is 0 Å². The van der Waals surface area contributed by atoms with Gasteiger partial charge in [0.15, 0.2) is 0 Å². The van der Waals surface area contributed by atoms with Gasteiger partial charge < -0.3 is 20.1 Å². The summed E-state index contributed by atoms with van der Waals surface area (Å²) in [5.41, 5.74) is 0.884. The summed E-state index contributed by atoms with van der Waals surface area (Å²) in [6.07, 6.45) is 0.113. The number of hydrogen-bond donors (Lipinski definition) is 2. The van der Waals surface area contributed by atoms with E-state index in [4.69, 9.17) is 9.47 Å². The monoisotopic (exact) mass is 486 g/mol. The molecule has 9 heteroatoms. The van der Waals surface area contributed by atoms with Crippen molar-refractivity contribution in [2.75, 3.05) is 7.11 Å². The zero-order valence-electron chi connectivity index (χ0n) is 20.5. The van der Waals surface area contributed by atoms with E-state index in [9.17, 15) is 23.6 Å². The maximum absolute atomic E-state index is 13.6. The van der Waals surface area contributed by atoms with E-state index in [0.29, 0.717) is 16.7 Å². The molecule has 0 aliphatic rings. The molecule has 0 aromatic heterocycles. The Morgan fingerprint density at radius 1 is 0.914 bits per heavy atom. The number of carbonyl (C=O) groups is 4. The van der Waals surface area contributed by atoms with E-state index in [1.165, 1.54) is 32.2 Å². The quantitative estimate of drug-likeness (QED) is 0.528. The van der Waals surface area contributed by atoms with Crippen LogP contribution in [0.15, 0.2) is 48.5 Å². The van der Waals surface area contributed by atoms with Gasteiger partial charge in [-0.3, -0.25) is 9.59 Å². The highest BCUT2D eigenvalue weighted by molar-refractivity contribution is 5.91. The van der Waals surface area contributed by atoms with Gasteiger partial charge in [0, 0.05) is 19.8 Å². The van der Waals surface area contributed by atoms with Gasteiger partial charge in [0.25, 0.3) is 0 Å². The second kappa shape index (κ2) is 12.1. The van der Waals surface area contributed by atoms with Crippen LogP contribution in [-0.4, -0.2) is 48.5 Å². The van der Waals surface area contributed by atoms with Crippen LogP contribution in [0.4, 0.5) is 4.39 Å². The minimum absolute atomic E-state index is 0.0294. The first kappa shape index (κ1) is 27.5. The lowest BCUT2D eigenvalue weighted by atomic mass is 10.0. The highest BCUT2D eigenvalue weighted by Gasteiger charge is 2.27. The Kier molecular flexibility index (Phi) is 9.50. The summed E-state index contributed by atoms with van der Waals surface area (Å²) in [6, 6.07) is 10.1. The van der Waals surface area contributed by atoms with Crippen LogP contribution in [0.5, 0.6) is 0 Å². The number of rotatable bonds is 9. The second-order valence-corrected chi connectivity index (χ2v) is 9.07. The van der Waals surface area contributed by atoms with E-state index >= 15 is 0 Å². The minimum atomic E-state index is -1.05. The van der Waals surface area contributed by atoms with Crippen molar-refractivity contribution in [1.82, 2.24) is 10.6 Å². The summed E-state index contributed by atoms with van der Waals surface area (Å²) in [5, 5.41) is 5.15. The molecule has 0 aliphatic heterocycles. The van der Waals surface area contributed by atoms with Gasteiger partial charge in [0.2, 0.25) is 11.8 Å². The number of hydrogen-bond acceptors (Lipinski definition) is 6. The van der Waals surface area contributed by atoms with E-state index in [2.05, 4.69) is 10.6 Å². The molecule has 0 saturated carbocycles. The molecule has 0 bridgehead atoms. The van der Waals surface area contributed by atoms with E-state index in [1.807, 2.05) is 0 Å². The smallest absolute Gasteiger partial charge is 0.338 e. The van der Waals surface area contributed by atoms with Gasteiger partial charge in [-0.15, -0.1) is 0 Å². The Bertz CT molecular complexity index is 1060. The van der Waals surface area contributed by atoms with Gasteiger partial charge in [-0.25, -0.2) is 14.0 Å². The Morgan fingerprint density at radius 3 is 2.09 bits per heavy atom. The number of carbonyl (C=O) groups excluding carboxylic acids is 4. The molecule has 2 atom stereocenters. The first-order valence-corrected chi connectivity index (χ1v) is 11.1. The average molecular weight is 487 g/mol. The largest absolute Gasteiger partial charge is 0.467 e. The average Bonchev–Trinajstić information content (AvgIpc) is 2.76. The van der Waals surface area contributed by atoms with Crippen molar-refractivity contribution in [3.05, 3.63) is 71.0 Å². The van der Waals surface area contributed by atoms with Crippen molar-refractivity contribution in [2.24, 2.45) is 0 Å². The molecule has 2 aromatic carbocycles. The maximum Gasteiger partial charge on any atom is 0.338 e. The predicted molar refractivity (Wildman–Crippen MR) is 127 cm³/mol. The van der Waals surface area contributed by atoms with Crippen LogP contribution in [0.1, 0.15) is 49.2 Å². The van der Waals surface area contributed by atoms with Crippen LogP contribution in [-0.2, 0) is 36.7 Å². The molecular formula is C26H31FN2O6. The molecule has 188 valence electrons. The van der Waals surface area contributed by atoms with Gasteiger partial charge >= 0.3 is 11.9 Å². The first-order valence-electron chi connectivity index (χ1n) is 11.1. The van der Waals surface area contributed by atoms with Crippen molar-refractivity contribution < 1.29 is 33.0 Å². The summed E-state index contributed by atoms with van der Waals surface area (Å²) in [7, 11) is 1.20. The number of nitrogens with one attached hydrogen (secondary N) is 2. The molecule has 0 aliphatic carbocycles. The Morgan fingerprint density at radius 2 is 1.54 bits per heavy atom. The van der Waals surface area contributed by atoms with Crippen molar-refractivity contribution >= 4 is 23.8 Å². The number of amides is 2. The van der Waals surface area contributed by atoms with Crippen LogP contribution in [0.25, 0.3) is 0 Å². The number of esters is 2. The molecule has 0 unspecified atom stereocenters. The zero-order chi connectivity index (χ0) is 26.2. The van der Waals surface area contributed by atoms with E-state index in [-0.39, 0.29) is 12.8 Å². The Balaban J connectivity index is 2.15. The van der Waals surface area contributed by atoms with Crippen LogP contribution in [0.3, 0.4) is 0 Å². The summed E-state index contributed by atoms with van der Waals surface area (Å²) in [4.78, 5) is 49.2. The lowest BCUT2D eigenvalue weighted by Gasteiger charge is -2.22. The van der Waals surface area contributed by atoms with Crippen LogP contribution in [0.2, 0.25) is 0 Å². The van der Waals surface area contributed by atoms with Gasteiger partial charge in [-0.05, 0) is 56.2 Å². The molecule has 2 amide bonds. The topological polar surface area (TPSA) is 111 Å². The third kappa shape index (κ3) is 9.19. The van der Waals surface area contributed by atoms with E-state index in [1.54, 1.807) is 51.1 Å². The van der Waals surface area contributed by atoms with Crippen molar-refractivity contribution in [3.63, 3.8) is 0 Å². The third-order valence-corrected chi connectivity index (χ3v) is 4.85. The molecule has 0 spiro atoms. The van der Waals surface area contributed by atoms with Gasteiger partial charge in [-0.2, -0.15) is 0 Å². The van der Waals surface area contributed by atoms with E-state index < -0.39 is 47.3 Å². The van der Waals surface area contributed by atoms with Crippen molar-refractivity contribution in [3.8, 4) is 0 Å². The fourth-order valence-corrected chi connectivity index (χ4v) is 3.31. The van der Waals surface area contributed by atoms with Gasteiger partial charge in [0.05, 0.1) is 12.7 Å². The Hall–Kier alpha value is -3.75. The minimum Gasteiger partial charge on any atom is -0.467 e. The molecule has 0 radical (unpaired) electrons. The SMILES string of the molecule is COC(=O)[C@@H](Cc1ccc(C(=O)OC(C)(C)C)cc1)NC(=O)[C@@H](Cc1cccc(F)c1)NC(C)=O. The Labute approximate surface area is 204 Å². The second-order valence-electron chi connectivity index (χ2n) is 9.07. The molecule has 8 nitrogen and oxygen atoms in total. The molecule has 0 saturated heterocycles. The molecule has 2 rings (SSSR count). The predicted octanol–water partition coefficient (Wildman–Crippen LogP) is 2.73.